The van der Waals surface area contributed by atoms with Gasteiger partial charge in [-0.1, -0.05) is 172 Å². The van der Waals surface area contributed by atoms with Crippen LogP contribution in [-0.4, -0.2) is 0 Å². The lowest BCUT2D eigenvalue weighted by atomic mass is 9.81. The topological polar surface area (TPSA) is 0 Å². The van der Waals surface area contributed by atoms with Gasteiger partial charge in [-0.25, -0.2) is 0 Å². The van der Waals surface area contributed by atoms with Gasteiger partial charge < -0.3 is 0 Å². The summed E-state index contributed by atoms with van der Waals surface area (Å²) >= 11 is 0. The van der Waals surface area contributed by atoms with Gasteiger partial charge in [-0.05, 0) is 111 Å². The van der Waals surface area contributed by atoms with Crippen molar-refractivity contribution in [1.29, 1.82) is 0 Å². The van der Waals surface area contributed by atoms with Gasteiger partial charge in [-0.2, -0.15) is 0 Å². The van der Waals surface area contributed by atoms with E-state index in [1.807, 2.05) is 0 Å². The normalized spacial score (nSPS) is 13.3. The van der Waals surface area contributed by atoms with E-state index in [1.54, 1.807) is 0 Å². The number of hydrogen-bond acceptors (Lipinski definition) is 0. The molecule has 0 aliphatic heterocycles. The molecule has 10 rings (SSSR count). The minimum Gasteiger partial charge on any atom is -0.0619 e. The SMILES string of the molecule is CC1(C)c2ccccc2-c2c(-c3cc(-c4c5ccccc5c(-c5cccc6ccccc56)c5ccccc45)cc4ccccc34)cccc21. The Morgan fingerprint density at radius 3 is 1.49 bits per heavy atom. The Morgan fingerprint density at radius 2 is 0.776 bits per heavy atom. The van der Waals surface area contributed by atoms with Gasteiger partial charge in [0.05, 0.1) is 0 Å². The molecule has 0 heteroatoms. The average molecular weight is 623 g/mol. The van der Waals surface area contributed by atoms with E-state index in [2.05, 4.69) is 184 Å². The number of hydrogen-bond donors (Lipinski definition) is 0. The number of rotatable bonds is 3. The lowest BCUT2D eigenvalue weighted by Gasteiger charge is -2.22. The predicted molar refractivity (Wildman–Crippen MR) is 210 cm³/mol. The van der Waals surface area contributed by atoms with Crippen LogP contribution in [0, 0.1) is 0 Å². The molecule has 0 saturated carbocycles. The van der Waals surface area contributed by atoms with E-state index in [0.717, 1.165) is 0 Å². The van der Waals surface area contributed by atoms with Crippen LogP contribution in [0.2, 0.25) is 0 Å². The molecule has 0 unspecified atom stereocenters. The highest BCUT2D eigenvalue weighted by atomic mass is 14.4. The summed E-state index contributed by atoms with van der Waals surface area (Å²) in [5.74, 6) is 0. The van der Waals surface area contributed by atoms with Gasteiger partial charge in [0.15, 0.2) is 0 Å². The summed E-state index contributed by atoms with van der Waals surface area (Å²) in [7, 11) is 0. The Morgan fingerprint density at radius 1 is 0.306 bits per heavy atom. The van der Waals surface area contributed by atoms with Crippen molar-refractivity contribution >= 4 is 43.1 Å². The molecule has 0 radical (unpaired) electrons. The minimum absolute atomic E-state index is 0.0564. The van der Waals surface area contributed by atoms with Gasteiger partial charge in [0.1, 0.15) is 0 Å². The third-order valence-electron chi connectivity index (χ3n) is 11.0. The van der Waals surface area contributed by atoms with Crippen LogP contribution in [0.5, 0.6) is 0 Å². The number of fused-ring (bicyclic) bond motifs is 7. The van der Waals surface area contributed by atoms with Gasteiger partial charge in [-0.3, -0.25) is 0 Å². The molecule has 0 amide bonds. The third-order valence-corrected chi connectivity index (χ3v) is 11.0. The van der Waals surface area contributed by atoms with Gasteiger partial charge in [-0.15, -0.1) is 0 Å². The molecule has 0 aromatic heterocycles. The van der Waals surface area contributed by atoms with Gasteiger partial charge in [0, 0.05) is 5.41 Å². The van der Waals surface area contributed by atoms with Crippen LogP contribution in [0.15, 0.2) is 170 Å². The molecule has 0 saturated heterocycles. The number of benzene rings is 9. The van der Waals surface area contributed by atoms with Crippen molar-refractivity contribution in [2.24, 2.45) is 0 Å². The fraction of sp³-hybridized carbons (Fsp3) is 0.0612. The summed E-state index contributed by atoms with van der Waals surface area (Å²) in [6.07, 6.45) is 0. The second kappa shape index (κ2) is 10.5. The minimum atomic E-state index is -0.0564. The van der Waals surface area contributed by atoms with Crippen molar-refractivity contribution < 1.29 is 0 Å². The van der Waals surface area contributed by atoms with Crippen LogP contribution in [0.4, 0.5) is 0 Å². The first kappa shape index (κ1) is 28.1. The molecule has 0 heterocycles. The van der Waals surface area contributed by atoms with Crippen LogP contribution in [-0.2, 0) is 5.41 Å². The maximum absolute atomic E-state index is 2.47. The lowest BCUT2D eigenvalue weighted by Crippen LogP contribution is -2.14. The molecule has 0 N–H and O–H groups in total. The molecule has 0 atom stereocenters. The van der Waals surface area contributed by atoms with Crippen LogP contribution in [0.1, 0.15) is 25.0 Å². The first-order valence-corrected chi connectivity index (χ1v) is 17.3. The molecule has 0 spiro atoms. The Balaban J connectivity index is 1.32. The van der Waals surface area contributed by atoms with Crippen LogP contribution >= 0.6 is 0 Å². The molecule has 0 bridgehead atoms. The van der Waals surface area contributed by atoms with Crippen LogP contribution < -0.4 is 0 Å². The quantitative estimate of drug-likeness (QED) is 0.172. The Hall–Kier alpha value is -5.98. The highest BCUT2D eigenvalue weighted by Gasteiger charge is 2.36. The van der Waals surface area contributed by atoms with Crippen molar-refractivity contribution in [2.45, 2.75) is 19.3 Å². The maximum atomic E-state index is 2.47. The van der Waals surface area contributed by atoms with E-state index in [9.17, 15) is 0 Å². The molecule has 0 fully saturated rings. The summed E-state index contributed by atoms with van der Waals surface area (Å²) in [6, 6.07) is 63.2. The largest absolute Gasteiger partial charge is 0.0619 e. The van der Waals surface area contributed by atoms with E-state index in [4.69, 9.17) is 0 Å². The fourth-order valence-corrected chi connectivity index (χ4v) is 8.83. The first-order chi connectivity index (χ1) is 24.1. The molecule has 9 aromatic carbocycles. The van der Waals surface area contributed by atoms with E-state index >= 15 is 0 Å². The fourth-order valence-electron chi connectivity index (χ4n) is 8.83. The maximum Gasteiger partial charge on any atom is 0.0159 e. The molecule has 1 aliphatic rings. The van der Waals surface area contributed by atoms with Crippen molar-refractivity contribution in [3.8, 4) is 44.5 Å². The zero-order valence-corrected chi connectivity index (χ0v) is 27.7. The van der Waals surface area contributed by atoms with Crippen molar-refractivity contribution in [3.05, 3.63) is 181 Å². The van der Waals surface area contributed by atoms with Crippen molar-refractivity contribution in [1.82, 2.24) is 0 Å². The molecule has 9 aromatic rings. The molecular weight excluding hydrogens is 589 g/mol. The third kappa shape index (κ3) is 4.04. The lowest BCUT2D eigenvalue weighted by molar-refractivity contribution is 0.660. The highest BCUT2D eigenvalue weighted by Crippen LogP contribution is 2.53. The van der Waals surface area contributed by atoms with Crippen molar-refractivity contribution in [2.75, 3.05) is 0 Å². The summed E-state index contributed by atoms with van der Waals surface area (Å²) < 4.78 is 0. The monoisotopic (exact) mass is 622 g/mol. The molecule has 230 valence electrons. The predicted octanol–water partition coefficient (Wildman–Crippen LogP) is 13.6. The average Bonchev–Trinajstić information content (AvgIpc) is 3.39. The van der Waals surface area contributed by atoms with E-state index in [0.29, 0.717) is 0 Å². The zero-order valence-electron chi connectivity index (χ0n) is 27.7. The molecule has 49 heavy (non-hydrogen) atoms. The second-order valence-corrected chi connectivity index (χ2v) is 14.0. The summed E-state index contributed by atoms with van der Waals surface area (Å²) in [6.45, 7) is 4.73. The highest BCUT2D eigenvalue weighted by molar-refractivity contribution is 6.24. The Kier molecular flexibility index (Phi) is 6.02. The van der Waals surface area contributed by atoms with Crippen LogP contribution in [0.25, 0.3) is 87.6 Å². The molecule has 1 aliphatic carbocycles. The van der Waals surface area contributed by atoms with Gasteiger partial charge >= 0.3 is 0 Å². The second-order valence-electron chi connectivity index (χ2n) is 14.0. The van der Waals surface area contributed by atoms with Gasteiger partial charge in [0.2, 0.25) is 0 Å². The van der Waals surface area contributed by atoms with Gasteiger partial charge in [0.25, 0.3) is 0 Å². The summed E-state index contributed by atoms with van der Waals surface area (Å²) in [5, 5.41) is 10.2. The standard InChI is InChI=1S/C49H34/c1-49(2)44-27-12-11-24-42(44)48-41(26-14-28-45(48)49)43-30-33(29-32-16-4-6-19-35(32)43)46-37-20-7-9-22-39(37)47(40-23-10-8-21-38(40)46)36-25-13-17-31-15-3-5-18-34(31)36/h3-30H,1-2H3. The first-order valence-electron chi connectivity index (χ1n) is 17.3. The summed E-state index contributed by atoms with van der Waals surface area (Å²) in [5.41, 5.74) is 13.1. The zero-order chi connectivity index (χ0) is 32.7. The molecule has 0 nitrogen and oxygen atoms in total. The van der Waals surface area contributed by atoms with Crippen LogP contribution in [0.3, 0.4) is 0 Å². The smallest absolute Gasteiger partial charge is 0.0159 e. The summed E-state index contributed by atoms with van der Waals surface area (Å²) in [4.78, 5) is 0. The van der Waals surface area contributed by atoms with E-state index < -0.39 is 0 Å². The van der Waals surface area contributed by atoms with E-state index in [-0.39, 0.29) is 5.41 Å². The Labute approximate surface area is 286 Å². The van der Waals surface area contributed by atoms with E-state index in [1.165, 1.54) is 98.7 Å². The molecular formula is C49H34. The van der Waals surface area contributed by atoms with Crippen molar-refractivity contribution in [3.63, 3.8) is 0 Å². The Bertz CT molecular complexity index is 2730.